The molecule has 1 fully saturated rings. The molecule has 1 aliphatic rings. The number of carbonyl (C=O) groups is 2. The van der Waals surface area contributed by atoms with Gasteiger partial charge in [-0.1, -0.05) is 11.6 Å². The van der Waals surface area contributed by atoms with Crippen LogP contribution in [-0.2, 0) is 16.1 Å². The van der Waals surface area contributed by atoms with Gasteiger partial charge < -0.3 is 5.73 Å². The summed E-state index contributed by atoms with van der Waals surface area (Å²) in [6, 6.07) is 2.85. The van der Waals surface area contributed by atoms with Crippen molar-refractivity contribution in [2.45, 2.75) is 19.5 Å². The molecular formula is C11H13ClN4O2. The van der Waals surface area contributed by atoms with Crippen molar-refractivity contribution in [2.75, 3.05) is 12.3 Å². The molecule has 0 aromatic carbocycles. The molecule has 0 aliphatic carbocycles. The molecule has 0 spiro atoms. The van der Waals surface area contributed by atoms with Crippen molar-refractivity contribution < 1.29 is 9.59 Å². The molecule has 2 heterocycles. The number of hydrogen-bond acceptors (Lipinski definition) is 5. The number of imide groups is 1. The Bertz CT molecular complexity index is 506. The van der Waals surface area contributed by atoms with E-state index in [0.29, 0.717) is 23.1 Å². The number of nitrogen functional groups attached to an aromatic ring is 1. The maximum atomic E-state index is 11.5. The summed E-state index contributed by atoms with van der Waals surface area (Å²) in [4.78, 5) is 28.6. The van der Waals surface area contributed by atoms with Crippen LogP contribution in [0.4, 0.5) is 5.82 Å². The Labute approximate surface area is 109 Å². The maximum Gasteiger partial charge on any atom is 0.243 e. The summed E-state index contributed by atoms with van der Waals surface area (Å²) in [5.41, 5.74) is 6.15. The zero-order chi connectivity index (χ0) is 13.3. The lowest BCUT2D eigenvalue weighted by Crippen LogP contribution is -2.56. The summed E-state index contributed by atoms with van der Waals surface area (Å²) < 4.78 is 0. The van der Waals surface area contributed by atoms with E-state index in [9.17, 15) is 9.59 Å². The highest BCUT2D eigenvalue weighted by molar-refractivity contribution is 6.31. The molecule has 1 aromatic rings. The maximum absolute atomic E-state index is 11.5. The van der Waals surface area contributed by atoms with E-state index in [2.05, 4.69) is 10.3 Å². The number of nitrogens with two attached hydrogens (primary N) is 1. The van der Waals surface area contributed by atoms with Crippen molar-refractivity contribution in [1.29, 1.82) is 0 Å². The van der Waals surface area contributed by atoms with Gasteiger partial charge in [0.2, 0.25) is 11.8 Å². The summed E-state index contributed by atoms with van der Waals surface area (Å²) in [6.07, 6.45) is 0. The van der Waals surface area contributed by atoms with Gasteiger partial charge in [0.1, 0.15) is 5.82 Å². The lowest BCUT2D eigenvalue weighted by Gasteiger charge is -2.31. The molecule has 1 unspecified atom stereocenters. The van der Waals surface area contributed by atoms with Crippen molar-refractivity contribution in [3.05, 3.63) is 22.8 Å². The Morgan fingerprint density at radius 2 is 2.28 bits per heavy atom. The highest BCUT2D eigenvalue weighted by Gasteiger charge is 2.30. The van der Waals surface area contributed by atoms with Crippen LogP contribution in [-0.4, -0.2) is 34.3 Å². The van der Waals surface area contributed by atoms with Crippen molar-refractivity contribution in [2.24, 2.45) is 0 Å². The average Bonchev–Trinajstić information content (AvgIpc) is 2.30. The third kappa shape index (κ3) is 2.60. The molecule has 0 bridgehead atoms. The van der Waals surface area contributed by atoms with Gasteiger partial charge in [0.25, 0.3) is 0 Å². The molecule has 96 valence electrons. The first-order valence-corrected chi connectivity index (χ1v) is 5.84. The zero-order valence-corrected chi connectivity index (χ0v) is 10.6. The molecule has 7 heteroatoms. The third-order valence-electron chi connectivity index (χ3n) is 2.83. The Hall–Kier alpha value is -1.66. The predicted octanol–water partition coefficient (Wildman–Crippen LogP) is 0.164. The van der Waals surface area contributed by atoms with Gasteiger partial charge in [-0.25, -0.2) is 4.98 Å². The molecule has 0 radical (unpaired) electrons. The van der Waals surface area contributed by atoms with Crippen LogP contribution < -0.4 is 11.1 Å². The Morgan fingerprint density at radius 1 is 1.56 bits per heavy atom. The summed E-state index contributed by atoms with van der Waals surface area (Å²) in [5, 5.41) is 2.74. The number of anilines is 1. The first-order valence-electron chi connectivity index (χ1n) is 5.46. The van der Waals surface area contributed by atoms with Gasteiger partial charge in [-0.05, 0) is 19.1 Å². The predicted molar refractivity (Wildman–Crippen MR) is 66.7 cm³/mol. The molecule has 2 rings (SSSR count). The minimum Gasteiger partial charge on any atom is -0.384 e. The highest BCUT2D eigenvalue weighted by Crippen LogP contribution is 2.19. The van der Waals surface area contributed by atoms with Crippen LogP contribution in [0.2, 0.25) is 5.02 Å². The van der Waals surface area contributed by atoms with E-state index in [0.717, 1.165) is 0 Å². The second-order valence-electron chi connectivity index (χ2n) is 4.16. The minimum absolute atomic E-state index is 0.139. The van der Waals surface area contributed by atoms with Crippen LogP contribution in [0.5, 0.6) is 0 Å². The second-order valence-corrected chi connectivity index (χ2v) is 4.57. The molecule has 6 nitrogen and oxygen atoms in total. The Balaban J connectivity index is 2.19. The van der Waals surface area contributed by atoms with E-state index >= 15 is 0 Å². The number of piperazine rings is 1. The van der Waals surface area contributed by atoms with Crippen LogP contribution in [0.25, 0.3) is 0 Å². The number of nitrogens with zero attached hydrogens (tertiary/aromatic N) is 2. The number of hydrogen-bond donors (Lipinski definition) is 2. The van der Waals surface area contributed by atoms with Crippen LogP contribution in [0.3, 0.4) is 0 Å². The fourth-order valence-corrected chi connectivity index (χ4v) is 1.93. The lowest BCUT2D eigenvalue weighted by atomic mass is 10.2. The molecule has 1 aliphatic heterocycles. The minimum atomic E-state index is -0.401. The van der Waals surface area contributed by atoms with Gasteiger partial charge in [-0.3, -0.25) is 19.8 Å². The number of rotatable bonds is 2. The molecule has 0 saturated carbocycles. The van der Waals surface area contributed by atoms with Gasteiger partial charge >= 0.3 is 0 Å². The van der Waals surface area contributed by atoms with Crippen molar-refractivity contribution in [3.63, 3.8) is 0 Å². The van der Waals surface area contributed by atoms with E-state index in [1.807, 2.05) is 0 Å². The van der Waals surface area contributed by atoms with Crippen LogP contribution in [0, 0.1) is 0 Å². The number of carbonyl (C=O) groups excluding carboxylic acids is 2. The molecule has 2 amide bonds. The van der Waals surface area contributed by atoms with Crippen molar-refractivity contribution in [1.82, 2.24) is 15.2 Å². The van der Waals surface area contributed by atoms with E-state index < -0.39 is 6.04 Å². The van der Waals surface area contributed by atoms with E-state index in [1.165, 1.54) is 0 Å². The first kappa shape index (κ1) is 12.8. The SMILES string of the molecule is CC1C(=O)NC(=O)CN1Cc1nc(N)ccc1Cl. The van der Waals surface area contributed by atoms with Gasteiger partial charge in [-0.15, -0.1) is 0 Å². The molecular weight excluding hydrogens is 256 g/mol. The summed E-state index contributed by atoms with van der Waals surface area (Å²) >= 11 is 6.01. The highest BCUT2D eigenvalue weighted by atomic mass is 35.5. The van der Waals surface area contributed by atoms with Crippen LogP contribution in [0.1, 0.15) is 12.6 Å². The average molecular weight is 269 g/mol. The van der Waals surface area contributed by atoms with Gasteiger partial charge in [0.05, 0.1) is 23.3 Å². The number of amides is 2. The first-order chi connectivity index (χ1) is 8.47. The Morgan fingerprint density at radius 3 is 3.00 bits per heavy atom. The van der Waals surface area contributed by atoms with E-state index in [4.69, 9.17) is 17.3 Å². The van der Waals surface area contributed by atoms with Crippen LogP contribution >= 0.6 is 11.6 Å². The number of halogens is 1. The molecule has 1 atom stereocenters. The smallest absolute Gasteiger partial charge is 0.243 e. The quantitative estimate of drug-likeness (QED) is 0.746. The van der Waals surface area contributed by atoms with E-state index in [1.54, 1.807) is 24.0 Å². The normalized spacial score (nSPS) is 20.9. The monoisotopic (exact) mass is 268 g/mol. The molecule has 1 saturated heterocycles. The lowest BCUT2D eigenvalue weighted by molar-refractivity contribution is -0.139. The fourth-order valence-electron chi connectivity index (χ4n) is 1.77. The van der Waals surface area contributed by atoms with Gasteiger partial charge in [0, 0.05) is 6.54 Å². The molecule has 18 heavy (non-hydrogen) atoms. The van der Waals surface area contributed by atoms with Gasteiger partial charge in [0.15, 0.2) is 0 Å². The fraction of sp³-hybridized carbons (Fsp3) is 0.364. The van der Waals surface area contributed by atoms with Gasteiger partial charge in [-0.2, -0.15) is 0 Å². The largest absolute Gasteiger partial charge is 0.384 e. The molecule has 3 N–H and O–H groups in total. The third-order valence-corrected chi connectivity index (χ3v) is 3.17. The number of nitrogens with one attached hydrogen (secondary N) is 1. The standard InChI is InChI=1S/C11H13ClN4O2/c1-6-11(18)15-10(17)5-16(6)4-8-7(12)2-3-9(13)14-8/h2-3,6H,4-5H2,1H3,(H2,13,14)(H,15,17,18). The number of pyridine rings is 1. The van der Waals surface area contributed by atoms with E-state index in [-0.39, 0.29) is 18.4 Å². The molecule has 1 aromatic heterocycles. The second kappa shape index (κ2) is 4.91. The van der Waals surface area contributed by atoms with Crippen LogP contribution in [0.15, 0.2) is 12.1 Å². The summed E-state index contributed by atoms with van der Waals surface area (Å²) in [5.74, 6) is -0.278. The zero-order valence-electron chi connectivity index (χ0n) is 9.81. The Kier molecular flexibility index (Phi) is 3.49. The number of aromatic nitrogens is 1. The summed E-state index contributed by atoms with van der Waals surface area (Å²) in [7, 11) is 0. The van der Waals surface area contributed by atoms with Crippen molar-refractivity contribution in [3.8, 4) is 0 Å². The topological polar surface area (TPSA) is 88.3 Å². The van der Waals surface area contributed by atoms with Crippen molar-refractivity contribution >= 4 is 29.2 Å². The summed E-state index contributed by atoms with van der Waals surface area (Å²) in [6.45, 7) is 2.17.